The van der Waals surface area contributed by atoms with E-state index in [0.717, 1.165) is 12.2 Å². The first-order valence-electron chi connectivity index (χ1n) is 8.04. The van der Waals surface area contributed by atoms with E-state index in [2.05, 4.69) is 24.6 Å². The van der Waals surface area contributed by atoms with E-state index in [1.165, 1.54) is 4.57 Å². The molecule has 1 fully saturated rings. The molecule has 1 saturated heterocycles. The van der Waals surface area contributed by atoms with Crippen LogP contribution in [0.4, 0.5) is 13.2 Å². The highest BCUT2D eigenvalue weighted by molar-refractivity contribution is 6.76. The van der Waals surface area contributed by atoms with Crippen LogP contribution in [-0.4, -0.2) is 42.6 Å². The molecule has 5 nitrogen and oxygen atoms in total. The van der Waals surface area contributed by atoms with Crippen LogP contribution in [0.25, 0.3) is 0 Å². The summed E-state index contributed by atoms with van der Waals surface area (Å²) in [6.07, 6.45) is -3.20. The first-order chi connectivity index (χ1) is 11.0. The zero-order valence-electron chi connectivity index (χ0n) is 14.3. The summed E-state index contributed by atoms with van der Waals surface area (Å²) in [5.74, 6) is 0.00567. The Morgan fingerprint density at radius 1 is 1.33 bits per heavy atom. The fraction of sp³-hybridized carbons (Fsp3) is 0.800. The van der Waals surface area contributed by atoms with Crippen LogP contribution in [-0.2, 0) is 28.0 Å². The molecule has 0 atom stereocenters. The van der Waals surface area contributed by atoms with E-state index in [1.54, 1.807) is 0 Å². The summed E-state index contributed by atoms with van der Waals surface area (Å²) in [6, 6.07) is 0.918. The monoisotopic (exact) mass is 366 g/mol. The van der Waals surface area contributed by atoms with E-state index < -0.39 is 25.5 Å². The summed E-state index contributed by atoms with van der Waals surface area (Å²) >= 11 is 0. The predicted molar refractivity (Wildman–Crippen MR) is 85.3 cm³/mol. The lowest BCUT2D eigenvalue weighted by molar-refractivity contribution is -0.141. The van der Waals surface area contributed by atoms with E-state index in [0.29, 0.717) is 19.8 Å². The van der Waals surface area contributed by atoms with Gasteiger partial charge in [-0.2, -0.15) is 13.2 Å². The number of rotatable bonds is 6. The topological polar surface area (TPSA) is 56.5 Å². The lowest BCUT2D eigenvalue weighted by Gasteiger charge is -2.31. The average Bonchev–Trinajstić information content (AvgIpc) is 2.88. The number of hydrogen-bond donors (Lipinski definition) is 1. The minimum absolute atomic E-state index is 0.00567. The third-order valence-corrected chi connectivity index (χ3v) is 5.73. The first kappa shape index (κ1) is 19.4. The number of imidazole rings is 1. The molecule has 0 saturated carbocycles. The van der Waals surface area contributed by atoms with Crippen molar-refractivity contribution < 1.29 is 27.8 Å². The summed E-state index contributed by atoms with van der Waals surface area (Å²) in [5, 5.41) is 10.7. The molecule has 2 heterocycles. The quantitative estimate of drug-likeness (QED) is 0.620. The van der Waals surface area contributed by atoms with Gasteiger partial charge in [-0.3, -0.25) is 0 Å². The summed E-state index contributed by atoms with van der Waals surface area (Å²) in [5.41, 5.74) is -2.42. The number of aromatic nitrogens is 2. The van der Waals surface area contributed by atoms with Gasteiger partial charge in [0.25, 0.3) is 0 Å². The van der Waals surface area contributed by atoms with Crippen molar-refractivity contribution in [3.63, 3.8) is 0 Å². The summed E-state index contributed by atoms with van der Waals surface area (Å²) in [4.78, 5) is 3.67. The highest BCUT2D eigenvalue weighted by Gasteiger charge is 2.41. The van der Waals surface area contributed by atoms with Crippen molar-refractivity contribution in [1.82, 2.24) is 9.55 Å². The fourth-order valence-electron chi connectivity index (χ4n) is 2.50. The highest BCUT2D eigenvalue weighted by Crippen LogP contribution is 2.35. The maximum atomic E-state index is 13.0. The van der Waals surface area contributed by atoms with Gasteiger partial charge in [-0.15, -0.1) is 0 Å². The van der Waals surface area contributed by atoms with Crippen LogP contribution in [0.15, 0.2) is 6.20 Å². The number of hydrogen-bond acceptors (Lipinski definition) is 4. The van der Waals surface area contributed by atoms with Gasteiger partial charge in [-0.05, 0) is 6.04 Å². The Hall–Kier alpha value is -0.903. The van der Waals surface area contributed by atoms with Crippen LogP contribution in [0.3, 0.4) is 0 Å². The molecule has 9 heteroatoms. The maximum Gasteiger partial charge on any atom is 0.434 e. The highest BCUT2D eigenvalue weighted by atomic mass is 28.3. The lowest BCUT2D eigenvalue weighted by atomic mass is 9.93. The second-order valence-electron chi connectivity index (χ2n) is 7.41. The van der Waals surface area contributed by atoms with Gasteiger partial charge in [0.05, 0.1) is 0 Å². The minimum Gasteiger partial charge on any atom is -0.382 e. The number of aliphatic hydroxyl groups is 1. The Morgan fingerprint density at radius 3 is 2.50 bits per heavy atom. The molecule has 0 unspecified atom stereocenters. The van der Waals surface area contributed by atoms with Crippen LogP contribution in [0.2, 0.25) is 25.7 Å². The van der Waals surface area contributed by atoms with E-state index >= 15 is 0 Å². The number of halogens is 3. The second-order valence-corrected chi connectivity index (χ2v) is 13.0. The maximum absolute atomic E-state index is 13.0. The SMILES string of the molecule is C[Si](C)(C)CCOCn1cc(C(F)(F)F)nc1C1(O)CCOCC1. The molecule has 24 heavy (non-hydrogen) atoms. The Balaban J connectivity index is 2.17. The van der Waals surface area contributed by atoms with Crippen molar-refractivity contribution in [1.29, 1.82) is 0 Å². The van der Waals surface area contributed by atoms with E-state index in [9.17, 15) is 18.3 Å². The van der Waals surface area contributed by atoms with Gasteiger partial charge in [-0.25, -0.2) is 4.98 Å². The van der Waals surface area contributed by atoms with E-state index in [1.807, 2.05) is 0 Å². The van der Waals surface area contributed by atoms with Crippen LogP contribution < -0.4 is 0 Å². The molecule has 0 aromatic carbocycles. The van der Waals surface area contributed by atoms with Gasteiger partial charge in [-0.1, -0.05) is 19.6 Å². The molecular formula is C15H25F3N2O3Si. The van der Waals surface area contributed by atoms with Crippen LogP contribution in [0.1, 0.15) is 24.4 Å². The van der Waals surface area contributed by atoms with Crippen LogP contribution in [0, 0.1) is 0 Å². The molecule has 0 bridgehead atoms. The van der Waals surface area contributed by atoms with E-state index in [4.69, 9.17) is 9.47 Å². The predicted octanol–water partition coefficient (Wildman–Crippen LogP) is 3.21. The third kappa shape index (κ3) is 5.04. The lowest BCUT2D eigenvalue weighted by Crippen LogP contribution is -2.36. The molecule has 1 aromatic rings. The molecule has 1 N–H and O–H groups in total. The first-order valence-corrected chi connectivity index (χ1v) is 11.7. The number of alkyl halides is 3. The van der Waals surface area contributed by atoms with Crippen molar-refractivity contribution in [2.45, 2.75) is 57.0 Å². The van der Waals surface area contributed by atoms with Gasteiger partial charge in [0.2, 0.25) is 0 Å². The Bertz CT molecular complexity index is 549. The number of ether oxygens (including phenoxy) is 2. The van der Waals surface area contributed by atoms with Crippen molar-refractivity contribution >= 4 is 8.07 Å². The second kappa shape index (κ2) is 7.15. The Labute approximate surface area is 140 Å². The molecule has 0 amide bonds. The fourth-order valence-corrected chi connectivity index (χ4v) is 3.25. The largest absolute Gasteiger partial charge is 0.434 e. The van der Waals surface area contributed by atoms with Crippen molar-refractivity contribution in [3.8, 4) is 0 Å². The zero-order valence-corrected chi connectivity index (χ0v) is 15.3. The molecule has 1 aliphatic heterocycles. The molecule has 0 radical (unpaired) electrons. The molecule has 2 rings (SSSR count). The van der Waals surface area contributed by atoms with Crippen molar-refractivity contribution in [2.24, 2.45) is 0 Å². The standard InChI is InChI=1S/C15H25F3N2O3Si/c1-24(2,3)9-8-23-11-20-10-12(15(16,17)18)19-13(20)14(21)4-6-22-7-5-14/h10,21H,4-9,11H2,1-3H3. The van der Waals surface area contributed by atoms with Crippen molar-refractivity contribution in [2.75, 3.05) is 19.8 Å². The smallest absolute Gasteiger partial charge is 0.382 e. The van der Waals surface area contributed by atoms with E-state index in [-0.39, 0.29) is 25.4 Å². The van der Waals surface area contributed by atoms with Gasteiger partial charge in [0, 0.05) is 46.9 Å². The molecule has 0 aliphatic carbocycles. The summed E-state index contributed by atoms with van der Waals surface area (Å²) in [6.45, 7) is 7.62. The van der Waals surface area contributed by atoms with Gasteiger partial charge in [0.15, 0.2) is 5.69 Å². The Morgan fingerprint density at radius 2 is 1.96 bits per heavy atom. The normalized spacial score (nSPS) is 18.8. The summed E-state index contributed by atoms with van der Waals surface area (Å²) < 4.78 is 51.0. The van der Waals surface area contributed by atoms with Gasteiger partial charge >= 0.3 is 6.18 Å². The Kier molecular flexibility index (Phi) is 5.78. The third-order valence-electron chi connectivity index (χ3n) is 4.03. The molecular weight excluding hydrogens is 341 g/mol. The summed E-state index contributed by atoms with van der Waals surface area (Å²) in [7, 11) is -1.28. The molecule has 1 aliphatic rings. The molecule has 1 aromatic heterocycles. The van der Waals surface area contributed by atoms with Gasteiger partial charge < -0.3 is 19.1 Å². The van der Waals surface area contributed by atoms with Gasteiger partial charge in [0.1, 0.15) is 18.2 Å². The van der Waals surface area contributed by atoms with Crippen LogP contribution >= 0.6 is 0 Å². The minimum atomic E-state index is -4.56. The molecule has 0 spiro atoms. The van der Waals surface area contributed by atoms with Crippen LogP contribution in [0.5, 0.6) is 0 Å². The molecule has 138 valence electrons. The van der Waals surface area contributed by atoms with Crippen molar-refractivity contribution in [3.05, 3.63) is 17.7 Å². The number of nitrogens with zero attached hydrogens (tertiary/aromatic N) is 2. The average molecular weight is 366 g/mol. The zero-order chi connectivity index (χ0) is 18.0.